The molecule has 1 aromatic rings. The van der Waals surface area contributed by atoms with E-state index in [1.807, 2.05) is 0 Å². The first-order valence-electron chi connectivity index (χ1n) is 9.28. The Bertz CT molecular complexity index is 725. The van der Waals surface area contributed by atoms with Gasteiger partial charge in [0.15, 0.2) is 0 Å². The number of nitrogens with zero attached hydrogens (tertiary/aromatic N) is 1. The Hall–Kier alpha value is -2.25. The third-order valence-electron chi connectivity index (χ3n) is 4.38. The lowest BCUT2D eigenvalue weighted by atomic mass is 9.86. The average molecular weight is 401 g/mol. The number of hydrogen-bond donors (Lipinski definition) is 0. The highest BCUT2D eigenvalue weighted by atomic mass is 19.4. The van der Waals surface area contributed by atoms with Crippen molar-refractivity contribution in [3.8, 4) is 0 Å². The largest absolute Gasteiger partial charge is 0.462 e. The molecule has 8 heteroatoms. The van der Waals surface area contributed by atoms with E-state index in [9.17, 15) is 22.8 Å². The van der Waals surface area contributed by atoms with Crippen molar-refractivity contribution in [3.63, 3.8) is 0 Å². The number of alkyl halides is 3. The fourth-order valence-corrected chi connectivity index (χ4v) is 3.22. The molecule has 0 aromatic heterocycles. The molecule has 28 heavy (non-hydrogen) atoms. The van der Waals surface area contributed by atoms with Gasteiger partial charge in [0.25, 0.3) is 0 Å². The first-order chi connectivity index (χ1) is 12.9. The van der Waals surface area contributed by atoms with E-state index < -0.39 is 35.3 Å². The molecule has 1 unspecified atom stereocenters. The second-order valence-electron chi connectivity index (χ2n) is 7.79. The minimum atomic E-state index is -4.62. The maximum atomic E-state index is 13.7. The maximum absolute atomic E-state index is 13.7. The van der Waals surface area contributed by atoms with Gasteiger partial charge in [-0.2, -0.15) is 13.2 Å². The third kappa shape index (κ3) is 5.62. The van der Waals surface area contributed by atoms with Crippen LogP contribution in [0.5, 0.6) is 0 Å². The standard InChI is InChI=1S/C20H26F3NO4/c1-5-27-17(25)13-8-9-15(16(11-13)20(21,22)23)14-7-6-10-24(12-14)18(26)28-19(2,3)4/h8-9,11,14H,5-7,10,12H2,1-4H3. The summed E-state index contributed by atoms with van der Waals surface area (Å²) in [4.78, 5) is 25.6. The van der Waals surface area contributed by atoms with E-state index >= 15 is 0 Å². The van der Waals surface area contributed by atoms with Crippen LogP contribution in [0, 0.1) is 0 Å². The second-order valence-corrected chi connectivity index (χ2v) is 7.79. The van der Waals surface area contributed by atoms with Crippen LogP contribution in [0.1, 0.15) is 67.9 Å². The van der Waals surface area contributed by atoms with Gasteiger partial charge in [-0.1, -0.05) is 6.07 Å². The Morgan fingerprint density at radius 3 is 2.46 bits per heavy atom. The molecule has 0 spiro atoms. The fourth-order valence-electron chi connectivity index (χ4n) is 3.22. The first-order valence-corrected chi connectivity index (χ1v) is 9.28. The highest BCUT2D eigenvalue weighted by Crippen LogP contribution is 2.39. The number of rotatable bonds is 3. The van der Waals surface area contributed by atoms with Crippen LogP contribution in [0.3, 0.4) is 0 Å². The number of piperidine rings is 1. The van der Waals surface area contributed by atoms with Gasteiger partial charge < -0.3 is 14.4 Å². The van der Waals surface area contributed by atoms with E-state index in [4.69, 9.17) is 9.47 Å². The monoisotopic (exact) mass is 401 g/mol. The van der Waals surface area contributed by atoms with Gasteiger partial charge in [0.1, 0.15) is 5.60 Å². The minimum absolute atomic E-state index is 0.0776. The Morgan fingerprint density at radius 1 is 1.21 bits per heavy atom. The van der Waals surface area contributed by atoms with Crippen LogP contribution in [0.2, 0.25) is 0 Å². The molecule has 5 nitrogen and oxygen atoms in total. The summed E-state index contributed by atoms with van der Waals surface area (Å²) in [5, 5.41) is 0. The summed E-state index contributed by atoms with van der Waals surface area (Å²) < 4.78 is 51.1. The number of carbonyl (C=O) groups excluding carboxylic acids is 2. The van der Waals surface area contributed by atoms with Crippen molar-refractivity contribution in [3.05, 3.63) is 34.9 Å². The first kappa shape index (κ1) is 22.0. The lowest BCUT2D eigenvalue weighted by molar-refractivity contribution is -0.138. The molecule has 0 aliphatic carbocycles. The van der Waals surface area contributed by atoms with Gasteiger partial charge in [0.05, 0.1) is 17.7 Å². The SMILES string of the molecule is CCOC(=O)c1ccc(C2CCCN(C(=O)OC(C)(C)C)C2)c(C(F)(F)F)c1. The molecule has 0 N–H and O–H groups in total. The summed E-state index contributed by atoms with van der Waals surface area (Å²) in [5.41, 5.74) is -1.61. The normalized spacial score (nSPS) is 18.0. The zero-order valence-corrected chi connectivity index (χ0v) is 16.6. The maximum Gasteiger partial charge on any atom is 0.416 e. The number of ether oxygens (including phenoxy) is 2. The summed E-state index contributed by atoms with van der Waals surface area (Å²) in [6.45, 7) is 7.45. The number of esters is 1. The number of benzene rings is 1. The summed E-state index contributed by atoms with van der Waals surface area (Å²) in [5.74, 6) is -1.28. The van der Waals surface area contributed by atoms with Crippen LogP contribution >= 0.6 is 0 Å². The van der Waals surface area contributed by atoms with Gasteiger partial charge in [0, 0.05) is 19.0 Å². The molecule has 0 bridgehead atoms. The minimum Gasteiger partial charge on any atom is -0.462 e. The van der Waals surface area contributed by atoms with Crippen molar-refractivity contribution in [2.45, 2.75) is 58.2 Å². The highest BCUT2D eigenvalue weighted by molar-refractivity contribution is 5.89. The lowest BCUT2D eigenvalue weighted by Gasteiger charge is -2.35. The van der Waals surface area contributed by atoms with E-state index in [0.29, 0.717) is 19.4 Å². The predicted octanol–water partition coefficient (Wildman–Crippen LogP) is 5.00. The van der Waals surface area contributed by atoms with E-state index in [1.54, 1.807) is 27.7 Å². The van der Waals surface area contributed by atoms with Crippen LogP contribution in [0.4, 0.5) is 18.0 Å². The van der Waals surface area contributed by atoms with Crippen LogP contribution < -0.4 is 0 Å². The van der Waals surface area contributed by atoms with E-state index in [2.05, 4.69) is 0 Å². The van der Waals surface area contributed by atoms with Crippen molar-refractivity contribution in [2.75, 3.05) is 19.7 Å². The summed E-state index contributed by atoms with van der Waals surface area (Å²) in [6.07, 6.45) is -4.07. The van der Waals surface area contributed by atoms with E-state index in [-0.39, 0.29) is 24.3 Å². The fraction of sp³-hybridized carbons (Fsp3) is 0.600. The third-order valence-corrected chi connectivity index (χ3v) is 4.38. The molecule has 156 valence electrons. The van der Waals surface area contributed by atoms with E-state index in [0.717, 1.165) is 6.07 Å². The molecule has 1 saturated heterocycles. The zero-order valence-electron chi connectivity index (χ0n) is 16.6. The Morgan fingerprint density at radius 2 is 1.89 bits per heavy atom. The van der Waals surface area contributed by atoms with Gasteiger partial charge in [-0.05, 0) is 58.2 Å². The van der Waals surface area contributed by atoms with Crippen molar-refractivity contribution in [1.82, 2.24) is 4.90 Å². The number of hydrogen-bond acceptors (Lipinski definition) is 4. The molecule has 1 atom stereocenters. The summed E-state index contributed by atoms with van der Waals surface area (Å²) in [6, 6.07) is 3.49. The lowest BCUT2D eigenvalue weighted by Crippen LogP contribution is -2.42. The zero-order chi connectivity index (χ0) is 21.1. The molecule has 1 aliphatic rings. The topological polar surface area (TPSA) is 55.8 Å². The van der Waals surface area contributed by atoms with Gasteiger partial charge in [-0.15, -0.1) is 0 Å². The Labute approximate surface area is 162 Å². The predicted molar refractivity (Wildman–Crippen MR) is 97.2 cm³/mol. The van der Waals surface area contributed by atoms with Gasteiger partial charge >= 0.3 is 18.2 Å². The molecular weight excluding hydrogens is 375 g/mol. The summed E-state index contributed by atoms with van der Waals surface area (Å²) >= 11 is 0. The molecule has 2 rings (SSSR count). The quantitative estimate of drug-likeness (QED) is 0.669. The molecule has 1 amide bonds. The van der Waals surface area contributed by atoms with Crippen LogP contribution in [0.15, 0.2) is 18.2 Å². The Kier molecular flexibility index (Phi) is 6.62. The number of likely N-dealkylation sites (tertiary alicyclic amines) is 1. The molecule has 0 saturated carbocycles. The van der Waals surface area contributed by atoms with Crippen LogP contribution in [-0.2, 0) is 15.7 Å². The molecule has 1 fully saturated rings. The van der Waals surface area contributed by atoms with Crippen molar-refractivity contribution in [1.29, 1.82) is 0 Å². The van der Waals surface area contributed by atoms with Gasteiger partial charge in [-0.25, -0.2) is 9.59 Å². The van der Waals surface area contributed by atoms with E-state index in [1.165, 1.54) is 17.0 Å². The number of halogens is 3. The Balaban J connectivity index is 2.30. The summed E-state index contributed by atoms with van der Waals surface area (Å²) in [7, 11) is 0. The van der Waals surface area contributed by atoms with Crippen molar-refractivity contribution in [2.24, 2.45) is 0 Å². The van der Waals surface area contributed by atoms with Gasteiger partial charge in [-0.3, -0.25) is 0 Å². The van der Waals surface area contributed by atoms with Crippen LogP contribution in [-0.4, -0.2) is 42.3 Å². The number of amides is 1. The second kappa shape index (κ2) is 8.41. The molecular formula is C20H26F3NO4. The molecule has 0 radical (unpaired) electrons. The molecule has 1 aromatic carbocycles. The number of carbonyl (C=O) groups is 2. The molecule has 1 heterocycles. The van der Waals surface area contributed by atoms with Crippen molar-refractivity contribution < 1.29 is 32.2 Å². The van der Waals surface area contributed by atoms with Crippen molar-refractivity contribution >= 4 is 12.1 Å². The van der Waals surface area contributed by atoms with Crippen LogP contribution in [0.25, 0.3) is 0 Å². The molecule has 1 aliphatic heterocycles. The highest BCUT2D eigenvalue weighted by Gasteiger charge is 2.38. The van der Waals surface area contributed by atoms with Gasteiger partial charge in [0.2, 0.25) is 0 Å². The smallest absolute Gasteiger partial charge is 0.416 e. The average Bonchev–Trinajstić information content (AvgIpc) is 2.59.